The Hall–Kier alpha value is -4.46. The Bertz CT molecular complexity index is 1890. The van der Waals surface area contributed by atoms with E-state index in [2.05, 4.69) is 47.2 Å². The van der Waals surface area contributed by atoms with Gasteiger partial charge < -0.3 is 15.2 Å². The molecule has 7 rings (SSSR count). The van der Waals surface area contributed by atoms with Crippen molar-refractivity contribution in [3.05, 3.63) is 130 Å². The molecule has 0 unspecified atom stereocenters. The van der Waals surface area contributed by atoms with Crippen molar-refractivity contribution >= 4 is 56.5 Å². The Labute approximate surface area is 290 Å². The van der Waals surface area contributed by atoms with Crippen LogP contribution in [0.15, 0.2) is 119 Å². The number of fused-ring (bicyclic) bond motifs is 3. The van der Waals surface area contributed by atoms with Crippen molar-refractivity contribution in [3.8, 4) is 5.75 Å². The Morgan fingerprint density at radius 2 is 1.60 bits per heavy atom. The Morgan fingerprint density at radius 1 is 0.917 bits per heavy atom. The van der Waals surface area contributed by atoms with Gasteiger partial charge in [0.15, 0.2) is 0 Å². The van der Waals surface area contributed by atoms with E-state index in [9.17, 15) is 14.7 Å². The third-order valence-corrected chi connectivity index (χ3v) is 10.5. The van der Waals surface area contributed by atoms with Crippen molar-refractivity contribution in [2.75, 3.05) is 16.8 Å². The zero-order valence-corrected chi connectivity index (χ0v) is 28.7. The number of benzene rings is 4. The lowest BCUT2D eigenvalue weighted by Crippen LogP contribution is -2.35. The number of rotatable bonds is 9. The summed E-state index contributed by atoms with van der Waals surface area (Å²) in [6.45, 7) is 4.79. The van der Waals surface area contributed by atoms with Crippen molar-refractivity contribution in [2.45, 2.75) is 39.2 Å². The third kappa shape index (κ3) is 6.25. The molecule has 4 aromatic rings. The molecule has 0 radical (unpaired) electrons. The second-order valence-corrected chi connectivity index (χ2v) is 14.1. The van der Waals surface area contributed by atoms with Crippen molar-refractivity contribution in [1.82, 2.24) is 0 Å². The molecule has 2 saturated heterocycles. The van der Waals surface area contributed by atoms with Gasteiger partial charge in [-0.3, -0.25) is 14.5 Å². The van der Waals surface area contributed by atoms with Crippen LogP contribution in [0.2, 0.25) is 0 Å². The highest BCUT2D eigenvalue weighted by atomic mass is 79.9. The molecule has 2 amide bonds. The van der Waals surface area contributed by atoms with E-state index in [0.717, 1.165) is 45.4 Å². The molecule has 2 aliphatic heterocycles. The fourth-order valence-corrected chi connectivity index (χ4v) is 8.04. The summed E-state index contributed by atoms with van der Waals surface area (Å²) in [6.07, 6.45) is 3.94. The molecule has 2 heterocycles. The maximum atomic E-state index is 14.1. The topological polar surface area (TPSA) is 78.9 Å². The lowest BCUT2D eigenvalue weighted by Gasteiger charge is -2.33. The maximum absolute atomic E-state index is 14.1. The second-order valence-electron chi connectivity index (χ2n) is 13.2. The van der Waals surface area contributed by atoms with E-state index < -0.39 is 5.92 Å². The van der Waals surface area contributed by atoms with Crippen molar-refractivity contribution < 1.29 is 19.4 Å². The van der Waals surface area contributed by atoms with E-state index in [1.54, 1.807) is 6.07 Å². The second kappa shape index (κ2) is 13.6. The molecule has 244 valence electrons. The van der Waals surface area contributed by atoms with E-state index in [1.165, 1.54) is 16.0 Å². The monoisotopic (exact) mass is 702 g/mol. The predicted octanol–water partition coefficient (Wildman–Crippen LogP) is 9.40. The lowest BCUT2D eigenvalue weighted by atomic mass is 9.67. The summed E-state index contributed by atoms with van der Waals surface area (Å²) in [5.74, 6) is -0.711. The van der Waals surface area contributed by atoms with E-state index in [4.69, 9.17) is 4.74 Å². The van der Waals surface area contributed by atoms with Crippen LogP contribution < -0.4 is 10.2 Å². The van der Waals surface area contributed by atoms with Crippen LogP contribution in [-0.2, 0) is 14.3 Å². The maximum Gasteiger partial charge on any atom is 0.238 e. The molecule has 0 aromatic heterocycles. The number of carbonyl (C=O) groups is 2. The quantitative estimate of drug-likeness (QED) is 0.103. The first kappa shape index (κ1) is 32.1. The van der Waals surface area contributed by atoms with E-state index in [0.29, 0.717) is 18.7 Å². The number of aromatic hydroxyl groups is 1. The normalized spacial score (nSPS) is 22.3. The fraction of sp³-hybridized carbons (Fsp3) is 0.268. The van der Waals surface area contributed by atoms with Crippen molar-refractivity contribution in [1.29, 1.82) is 0 Å². The standard InChI is InChI=1S/C41H39BrN2O4/c1-25(2)33-23-34-39(41(47)44(40(34)46)32-17-15-31(16-18-32)43-30-11-7-4-8-12-30)35-24-48-37(38(33)35)20-13-27(26-9-5-3-6-10-26)21-28-22-29(42)14-19-36(28)45/h3-12,14-19,21-22,25,34-35,37,39,43,45H,13,20,23-24H2,1-2H3/b27-21-/t34-,35+,37-,39-/m1/s1. The number of hydrogen-bond acceptors (Lipinski definition) is 5. The first-order valence-corrected chi connectivity index (χ1v) is 17.5. The van der Waals surface area contributed by atoms with Crippen LogP contribution in [0, 0.1) is 23.7 Å². The predicted molar refractivity (Wildman–Crippen MR) is 195 cm³/mol. The SMILES string of the molecule is CC(C)C1=C2[C@@H](CC/C(=C/c3cc(Br)ccc3O)c3ccccc3)OC[C@@H]2[C@@H]2C(=O)N(c3ccc(Nc4ccccc4)cc3)C(=O)[C@@H]2C1. The van der Waals surface area contributed by atoms with Gasteiger partial charge in [-0.15, -0.1) is 0 Å². The van der Waals surface area contributed by atoms with Crippen molar-refractivity contribution in [2.24, 2.45) is 23.7 Å². The van der Waals surface area contributed by atoms with Gasteiger partial charge in [0.05, 0.1) is 30.2 Å². The molecular formula is C41H39BrN2O4. The van der Waals surface area contributed by atoms with Crippen LogP contribution in [0.25, 0.3) is 11.6 Å². The highest BCUT2D eigenvalue weighted by molar-refractivity contribution is 9.10. The van der Waals surface area contributed by atoms with Gasteiger partial charge in [0, 0.05) is 27.3 Å². The summed E-state index contributed by atoms with van der Waals surface area (Å²) < 4.78 is 7.43. The molecule has 2 fully saturated rings. The molecule has 0 saturated carbocycles. The summed E-state index contributed by atoms with van der Waals surface area (Å²) in [4.78, 5) is 29.5. The van der Waals surface area contributed by atoms with Gasteiger partial charge in [-0.2, -0.15) is 0 Å². The molecule has 48 heavy (non-hydrogen) atoms. The van der Waals surface area contributed by atoms with Crippen LogP contribution in [0.4, 0.5) is 17.1 Å². The smallest absolute Gasteiger partial charge is 0.238 e. The molecule has 3 aliphatic rings. The number of imide groups is 1. The van der Waals surface area contributed by atoms with Crippen LogP contribution in [-0.4, -0.2) is 29.6 Å². The number of carbonyl (C=O) groups excluding carboxylic acids is 2. The van der Waals surface area contributed by atoms with E-state index >= 15 is 0 Å². The zero-order valence-electron chi connectivity index (χ0n) is 27.1. The third-order valence-electron chi connectivity index (χ3n) is 9.97. The number of halogens is 1. The molecule has 4 atom stereocenters. The molecule has 6 nitrogen and oxygen atoms in total. The average molecular weight is 704 g/mol. The highest BCUT2D eigenvalue weighted by Gasteiger charge is 2.57. The number of amides is 2. The minimum absolute atomic E-state index is 0.113. The van der Waals surface area contributed by atoms with Gasteiger partial charge in [-0.05, 0) is 103 Å². The average Bonchev–Trinajstić information content (AvgIpc) is 3.63. The number of phenols is 1. The molecule has 2 N–H and O–H groups in total. The number of para-hydroxylation sites is 1. The minimum atomic E-state index is -0.426. The van der Waals surface area contributed by atoms with Crippen LogP contribution in [0.3, 0.4) is 0 Å². The van der Waals surface area contributed by atoms with E-state index in [-0.39, 0.29) is 41.4 Å². The molecule has 0 spiro atoms. The van der Waals surface area contributed by atoms with Gasteiger partial charge in [0.2, 0.25) is 11.8 Å². The Morgan fingerprint density at radius 3 is 2.31 bits per heavy atom. The van der Waals surface area contributed by atoms with Crippen molar-refractivity contribution in [3.63, 3.8) is 0 Å². The van der Waals surface area contributed by atoms with Crippen LogP contribution in [0.1, 0.15) is 44.2 Å². The Balaban J connectivity index is 1.13. The minimum Gasteiger partial charge on any atom is -0.507 e. The number of phenolic OH excluding ortho intramolecular Hbond substituents is 1. The number of nitrogens with zero attached hydrogens (tertiary/aromatic N) is 1. The summed E-state index contributed by atoms with van der Waals surface area (Å²) in [6, 6.07) is 33.1. The number of nitrogens with one attached hydrogen (secondary N) is 1. The van der Waals surface area contributed by atoms with Crippen LogP contribution in [0.5, 0.6) is 5.75 Å². The van der Waals surface area contributed by atoms with E-state index in [1.807, 2.05) is 91.0 Å². The highest BCUT2D eigenvalue weighted by Crippen LogP contribution is 2.52. The first-order valence-electron chi connectivity index (χ1n) is 16.7. The number of allylic oxidation sites excluding steroid dienone is 2. The molecular weight excluding hydrogens is 664 g/mol. The van der Waals surface area contributed by atoms with Gasteiger partial charge in [0.1, 0.15) is 5.75 Å². The largest absolute Gasteiger partial charge is 0.507 e. The number of ether oxygens (including phenoxy) is 1. The molecule has 4 aromatic carbocycles. The van der Waals surface area contributed by atoms with Gasteiger partial charge in [0.25, 0.3) is 0 Å². The Kier molecular flexibility index (Phi) is 9.08. The molecule has 1 aliphatic carbocycles. The number of hydrogen-bond donors (Lipinski definition) is 2. The fourth-order valence-electron chi connectivity index (χ4n) is 7.66. The first-order chi connectivity index (χ1) is 23.3. The molecule has 7 heteroatoms. The zero-order chi connectivity index (χ0) is 33.4. The van der Waals surface area contributed by atoms with Gasteiger partial charge in [-0.1, -0.05) is 83.9 Å². The summed E-state index contributed by atoms with van der Waals surface area (Å²) in [7, 11) is 0. The van der Waals surface area contributed by atoms with Crippen LogP contribution >= 0.6 is 15.9 Å². The summed E-state index contributed by atoms with van der Waals surface area (Å²) in [5, 5.41) is 14.0. The summed E-state index contributed by atoms with van der Waals surface area (Å²) >= 11 is 3.53. The molecule has 0 bridgehead atoms. The summed E-state index contributed by atoms with van der Waals surface area (Å²) in [5.41, 5.74) is 7.87. The van der Waals surface area contributed by atoms with Gasteiger partial charge in [-0.25, -0.2) is 0 Å². The van der Waals surface area contributed by atoms with Gasteiger partial charge >= 0.3 is 0 Å². The number of anilines is 3. The lowest BCUT2D eigenvalue weighted by molar-refractivity contribution is -0.122.